The molecule has 0 N–H and O–H groups in total. The van der Waals surface area contributed by atoms with Crippen LogP contribution in [0, 0.1) is 0 Å². The number of hydrogen-bond acceptors (Lipinski definition) is 2. The molecule has 0 aliphatic carbocycles. The summed E-state index contributed by atoms with van der Waals surface area (Å²) in [5, 5.41) is 0. The zero-order chi connectivity index (χ0) is 36.0. The Morgan fingerprint density at radius 3 is 1.27 bits per heavy atom. The van der Waals surface area contributed by atoms with E-state index >= 15 is 0 Å². The molecule has 0 bridgehead atoms. The van der Waals surface area contributed by atoms with Gasteiger partial charge >= 0.3 is 5.89 Å². The van der Waals surface area contributed by atoms with Crippen molar-refractivity contribution >= 4 is 28.9 Å². The van der Waals surface area contributed by atoms with Crippen molar-refractivity contribution in [1.82, 2.24) is 0 Å². The Morgan fingerprint density at radius 2 is 0.863 bits per heavy atom. The lowest BCUT2D eigenvalue weighted by atomic mass is 10.0. The van der Waals surface area contributed by atoms with Crippen LogP contribution in [0.5, 0.6) is 0 Å². The molecule has 2 aromatic carbocycles. The van der Waals surface area contributed by atoms with Crippen molar-refractivity contribution in [3.63, 3.8) is 0 Å². The molecule has 0 spiro atoms. The van der Waals surface area contributed by atoms with Crippen LogP contribution in [0.2, 0.25) is 0 Å². The zero-order valence-corrected chi connectivity index (χ0v) is 33.8. The summed E-state index contributed by atoms with van der Waals surface area (Å²) in [7, 11) is 2.07. The van der Waals surface area contributed by atoms with Crippen molar-refractivity contribution in [2.45, 2.75) is 194 Å². The van der Waals surface area contributed by atoms with Gasteiger partial charge in [0.15, 0.2) is 0 Å². The number of para-hydroxylation sites is 2. The first kappa shape index (κ1) is 42.9. The van der Waals surface area contributed by atoms with Crippen LogP contribution in [0.1, 0.15) is 205 Å². The lowest BCUT2D eigenvalue weighted by molar-refractivity contribution is -0.651. The second kappa shape index (κ2) is 29.0. The van der Waals surface area contributed by atoms with Crippen molar-refractivity contribution in [2.24, 2.45) is 7.05 Å². The molecule has 0 aliphatic rings. The minimum Gasteiger partial charge on any atom is -0.398 e. The largest absolute Gasteiger partial charge is 0.398 e. The predicted octanol–water partition coefficient (Wildman–Crippen LogP) is 15.2. The van der Waals surface area contributed by atoms with Crippen molar-refractivity contribution in [2.75, 3.05) is 18.0 Å². The summed E-state index contributed by atoms with van der Waals surface area (Å²) in [5.41, 5.74) is 4.64. The summed E-state index contributed by atoms with van der Waals surface area (Å²) in [6.45, 7) is 6.97. The quantitative estimate of drug-likeness (QED) is 0.0466. The normalized spacial score (nSPS) is 11.7. The fourth-order valence-corrected chi connectivity index (χ4v) is 7.59. The van der Waals surface area contributed by atoms with E-state index in [9.17, 15) is 0 Å². The highest BCUT2D eigenvalue weighted by Gasteiger charge is 2.15. The van der Waals surface area contributed by atoms with Gasteiger partial charge in [0, 0.05) is 24.8 Å². The molecule has 3 aromatic rings. The maximum atomic E-state index is 6.08. The number of benzene rings is 2. The molecule has 51 heavy (non-hydrogen) atoms. The lowest BCUT2D eigenvalue weighted by Crippen LogP contribution is -2.29. The van der Waals surface area contributed by atoms with Gasteiger partial charge in [-0.25, -0.2) is 0 Å². The molecular weight excluding hydrogens is 621 g/mol. The lowest BCUT2D eigenvalue weighted by Gasteiger charge is -2.25. The fraction of sp³-hybridized carbons (Fsp3) is 0.688. The average Bonchev–Trinajstić information content (AvgIpc) is 3.48. The highest BCUT2D eigenvalue weighted by Crippen LogP contribution is 2.21. The third kappa shape index (κ3) is 19.2. The van der Waals surface area contributed by atoms with Crippen LogP contribution >= 0.6 is 0 Å². The summed E-state index contributed by atoms with van der Waals surface area (Å²) in [5.74, 6) is 0.873. The summed E-state index contributed by atoms with van der Waals surface area (Å²) >= 11 is 0. The van der Waals surface area contributed by atoms with Crippen LogP contribution in [-0.4, -0.2) is 13.1 Å². The molecule has 0 amide bonds. The Morgan fingerprint density at radius 1 is 0.471 bits per heavy atom. The van der Waals surface area contributed by atoms with E-state index in [1.54, 1.807) is 0 Å². The maximum Gasteiger partial charge on any atom is 0.373 e. The van der Waals surface area contributed by atoms with Gasteiger partial charge in [-0.15, -0.1) is 0 Å². The Kier molecular flexibility index (Phi) is 24.3. The van der Waals surface area contributed by atoms with Gasteiger partial charge in [0.1, 0.15) is 7.05 Å². The molecular formula is C48H79N2O+. The van der Waals surface area contributed by atoms with Gasteiger partial charge in [0.25, 0.3) is 5.52 Å². The number of oxazole rings is 1. The molecule has 286 valence electrons. The smallest absolute Gasteiger partial charge is 0.373 e. The van der Waals surface area contributed by atoms with E-state index in [0.29, 0.717) is 0 Å². The van der Waals surface area contributed by atoms with E-state index in [1.807, 2.05) is 12.1 Å². The number of anilines is 1. The van der Waals surface area contributed by atoms with Crippen LogP contribution in [0.25, 0.3) is 23.3 Å². The van der Waals surface area contributed by atoms with Gasteiger partial charge in [-0.1, -0.05) is 205 Å². The number of fused-ring (bicyclic) bond motifs is 1. The zero-order valence-electron chi connectivity index (χ0n) is 33.8. The first-order valence-corrected chi connectivity index (χ1v) is 22.1. The van der Waals surface area contributed by atoms with Crippen LogP contribution in [0.3, 0.4) is 0 Å². The van der Waals surface area contributed by atoms with E-state index < -0.39 is 0 Å². The van der Waals surface area contributed by atoms with E-state index in [-0.39, 0.29) is 0 Å². The summed E-state index contributed by atoms with van der Waals surface area (Å²) < 4.78 is 8.20. The summed E-state index contributed by atoms with van der Waals surface area (Å²) in [6, 6.07) is 17.5. The standard InChI is InChI=1S/C48H79N2O/c1-4-6-8-10-12-14-16-18-20-22-24-26-28-32-42-50(43-33-29-27-25-23-21-19-17-15-13-11-9-7-5-2)45-39-36-44(37-40-45)38-41-48-49(3)46-34-30-31-35-47(46)51-48/h30-31,34-41H,4-29,32-33,42-43H2,1-3H3/q+1. The summed E-state index contributed by atoms with van der Waals surface area (Å²) in [6.07, 6.45) is 43.9. The SMILES string of the molecule is CCCCCCCCCCCCCCCCN(CCCCCCCCCCCCCCCC)c1ccc(/C=C/c2oc3ccccc3[n+]2C)cc1. The first-order chi connectivity index (χ1) is 25.2. The second-order valence-electron chi connectivity index (χ2n) is 15.6. The van der Waals surface area contributed by atoms with Gasteiger partial charge in [0.2, 0.25) is 5.58 Å². The minimum absolute atomic E-state index is 0.873. The van der Waals surface area contributed by atoms with Crippen LogP contribution in [0.4, 0.5) is 5.69 Å². The third-order valence-corrected chi connectivity index (χ3v) is 11.0. The molecule has 3 heteroatoms. The molecule has 0 saturated heterocycles. The number of hydrogen-bond donors (Lipinski definition) is 0. The van der Waals surface area contributed by atoms with Gasteiger partial charge in [0.05, 0.1) is 6.08 Å². The van der Waals surface area contributed by atoms with Gasteiger partial charge < -0.3 is 9.32 Å². The molecule has 3 nitrogen and oxygen atoms in total. The van der Waals surface area contributed by atoms with Gasteiger partial charge in [-0.2, -0.15) is 4.57 Å². The molecule has 0 unspecified atom stereocenters. The van der Waals surface area contributed by atoms with Crippen molar-refractivity contribution in [1.29, 1.82) is 0 Å². The van der Waals surface area contributed by atoms with Crippen molar-refractivity contribution in [3.8, 4) is 0 Å². The average molecular weight is 700 g/mol. The minimum atomic E-state index is 0.873. The molecule has 0 saturated carbocycles. The molecule has 0 aliphatic heterocycles. The number of rotatable bonds is 33. The highest BCUT2D eigenvalue weighted by molar-refractivity contribution is 5.72. The highest BCUT2D eigenvalue weighted by atomic mass is 16.3. The number of aromatic nitrogens is 1. The first-order valence-electron chi connectivity index (χ1n) is 22.1. The van der Waals surface area contributed by atoms with Gasteiger partial charge in [-0.05, 0) is 42.7 Å². The summed E-state index contributed by atoms with van der Waals surface area (Å²) in [4.78, 5) is 2.67. The maximum absolute atomic E-state index is 6.08. The molecule has 3 rings (SSSR count). The van der Waals surface area contributed by atoms with E-state index in [4.69, 9.17) is 4.42 Å². The molecule has 0 radical (unpaired) electrons. The molecule has 1 heterocycles. The van der Waals surface area contributed by atoms with E-state index in [1.165, 1.54) is 204 Å². The topological polar surface area (TPSA) is 20.3 Å². The van der Waals surface area contributed by atoms with Crippen molar-refractivity contribution in [3.05, 3.63) is 60.0 Å². The van der Waals surface area contributed by atoms with E-state index in [0.717, 1.165) is 17.0 Å². The molecule has 0 atom stereocenters. The number of unbranched alkanes of at least 4 members (excludes halogenated alkanes) is 26. The van der Waals surface area contributed by atoms with Crippen LogP contribution in [-0.2, 0) is 7.05 Å². The van der Waals surface area contributed by atoms with E-state index in [2.05, 4.69) is 78.9 Å². The van der Waals surface area contributed by atoms with Crippen LogP contribution in [0.15, 0.2) is 52.9 Å². The molecule has 0 fully saturated rings. The van der Waals surface area contributed by atoms with Gasteiger partial charge in [-0.3, -0.25) is 0 Å². The second-order valence-corrected chi connectivity index (χ2v) is 15.6. The van der Waals surface area contributed by atoms with Crippen LogP contribution < -0.4 is 9.47 Å². The predicted molar refractivity (Wildman–Crippen MR) is 226 cm³/mol. The monoisotopic (exact) mass is 700 g/mol. The fourth-order valence-electron chi connectivity index (χ4n) is 7.59. The Balaban J connectivity index is 1.36. The number of aryl methyl sites for hydroxylation is 1. The third-order valence-electron chi connectivity index (χ3n) is 11.0. The Labute approximate surface area is 315 Å². The number of nitrogens with zero attached hydrogens (tertiary/aromatic N) is 2. The molecule has 1 aromatic heterocycles. The Hall–Kier alpha value is -2.55. The Bertz CT molecular complexity index is 1230. The van der Waals surface area contributed by atoms with Crippen molar-refractivity contribution < 1.29 is 8.98 Å².